The third-order valence-corrected chi connectivity index (χ3v) is 10.1. The molecular formula is C33H33N3O4S. The lowest BCUT2D eigenvalue weighted by Gasteiger charge is -2.48. The average molecular weight is 568 g/mol. The van der Waals surface area contributed by atoms with E-state index in [9.17, 15) is 9.59 Å². The number of ether oxygens (including phenoxy) is 1. The van der Waals surface area contributed by atoms with Gasteiger partial charge in [-0.15, -0.1) is 11.3 Å². The normalized spacial score (nSPS) is 19.3. The summed E-state index contributed by atoms with van der Waals surface area (Å²) in [5.74, 6) is 0.163. The van der Waals surface area contributed by atoms with Crippen LogP contribution >= 0.6 is 11.3 Å². The molecule has 0 saturated carbocycles. The monoisotopic (exact) mass is 567 g/mol. The number of anilines is 2. The van der Waals surface area contributed by atoms with E-state index in [2.05, 4.69) is 60.0 Å². The number of fused-ring (bicyclic) bond motifs is 4. The maximum Gasteiger partial charge on any atom is 0.222 e. The first-order chi connectivity index (χ1) is 19.8. The third kappa shape index (κ3) is 4.28. The van der Waals surface area contributed by atoms with Crippen LogP contribution in [0.25, 0.3) is 42.3 Å². The Balaban J connectivity index is 1.37. The van der Waals surface area contributed by atoms with E-state index in [-0.39, 0.29) is 22.8 Å². The molecule has 4 heterocycles. The minimum Gasteiger partial charge on any atom is -0.440 e. The van der Waals surface area contributed by atoms with Gasteiger partial charge in [-0.25, -0.2) is 0 Å². The number of piperidine rings is 1. The number of benzene rings is 3. The quantitative estimate of drug-likeness (QED) is 0.280. The van der Waals surface area contributed by atoms with E-state index < -0.39 is 0 Å². The minimum atomic E-state index is -0.368. The maximum absolute atomic E-state index is 13.2. The Bertz CT molecular complexity index is 1870. The van der Waals surface area contributed by atoms with E-state index >= 15 is 0 Å². The number of nitrogens with zero attached hydrogens (tertiary/aromatic N) is 2. The second-order valence-electron chi connectivity index (χ2n) is 11.6. The molecule has 2 aromatic heterocycles. The second-order valence-corrected chi connectivity index (χ2v) is 12.7. The zero-order valence-corrected chi connectivity index (χ0v) is 24.1. The molecule has 41 heavy (non-hydrogen) atoms. The van der Waals surface area contributed by atoms with Crippen LogP contribution in [0.2, 0.25) is 0 Å². The number of carbonyl (C=O) groups is 1. The standard InChI is InChI=1S/C33H33N3O4S/c1-33(2)26(32(34)38)10-5-13-36(33)20-11-12-28-25(18-20)23-8-4-7-22(31(23)41-28)21-6-3-9-24-27(37)19-29(40-30(21)24)35-14-16-39-17-15-35/h3-4,6-9,11-12,18-19,26H,5,10,13-17H2,1-2H3,(H2,34,38). The molecule has 7 nitrogen and oxygen atoms in total. The molecule has 2 saturated heterocycles. The van der Waals surface area contributed by atoms with E-state index in [0.29, 0.717) is 43.2 Å². The van der Waals surface area contributed by atoms with Crippen LogP contribution in [0.15, 0.2) is 69.9 Å². The van der Waals surface area contributed by atoms with Gasteiger partial charge in [0.1, 0.15) is 5.58 Å². The van der Waals surface area contributed by atoms with Crippen LogP contribution in [-0.2, 0) is 9.53 Å². The van der Waals surface area contributed by atoms with Gasteiger partial charge in [0.15, 0.2) is 11.3 Å². The van der Waals surface area contributed by atoms with Gasteiger partial charge in [-0.3, -0.25) is 9.59 Å². The minimum absolute atomic E-state index is 0.0406. The van der Waals surface area contributed by atoms with E-state index in [0.717, 1.165) is 46.3 Å². The highest BCUT2D eigenvalue weighted by atomic mass is 32.1. The van der Waals surface area contributed by atoms with Gasteiger partial charge in [0, 0.05) is 68.2 Å². The molecule has 8 heteroatoms. The summed E-state index contributed by atoms with van der Waals surface area (Å²) in [7, 11) is 0. The smallest absolute Gasteiger partial charge is 0.222 e. The van der Waals surface area contributed by atoms with Crippen LogP contribution in [0.3, 0.4) is 0 Å². The van der Waals surface area contributed by atoms with Crippen LogP contribution in [0, 0.1) is 5.92 Å². The summed E-state index contributed by atoms with van der Waals surface area (Å²) in [6, 6.07) is 20.4. The molecule has 2 aliphatic heterocycles. The van der Waals surface area contributed by atoms with Gasteiger partial charge >= 0.3 is 0 Å². The van der Waals surface area contributed by atoms with Crippen molar-refractivity contribution in [3.8, 4) is 11.1 Å². The van der Waals surface area contributed by atoms with Crippen LogP contribution in [0.5, 0.6) is 0 Å². The number of rotatable bonds is 4. The first-order valence-corrected chi connectivity index (χ1v) is 15.1. The SMILES string of the molecule is CC1(C)C(C(N)=O)CCCN1c1ccc2sc3c(-c4cccc5c(=O)cc(N6CCOCC6)oc45)cccc3c2c1. The number of thiophene rings is 1. The molecular weight excluding hydrogens is 534 g/mol. The molecule has 7 rings (SSSR count). The van der Waals surface area contributed by atoms with Crippen LogP contribution < -0.4 is 21.0 Å². The van der Waals surface area contributed by atoms with Crippen molar-refractivity contribution in [3.05, 3.63) is 70.9 Å². The Morgan fingerprint density at radius 3 is 2.49 bits per heavy atom. The van der Waals surface area contributed by atoms with Gasteiger partial charge in [-0.05, 0) is 51.0 Å². The largest absolute Gasteiger partial charge is 0.440 e. The third-order valence-electron chi connectivity index (χ3n) is 8.91. The molecule has 3 aromatic carbocycles. The highest BCUT2D eigenvalue weighted by molar-refractivity contribution is 7.26. The summed E-state index contributed by atoms with van der Waals surface area (Å²) in [6.45, 7) is 7.74. The van der Waals surface area contributed by atoms with Crippen LogP contribution in [0.1, 0.15) is 26.7 Å². The molecule has 0 bridgehead atoms. The molecule has 1 amide bonds. The van der Waals surface area contributed by atoms with E-state index in [1.54, 1.807) is 17.4 Å². The van der Waals surface area contributed by atoms with Gasteiger partial charge in [0.05, 0.1) is 24.5 Å². The lowest BCUT2D eigenvalue weighted by Crippen LogP contribution is -2.57. The number of carbonyl (C=O) groups excluding carboxylic acids is 1. The average Bonchev–Trinajstić information content (AvgIpc) is 3.35. The Hall–Kier alpha value is -3.88. The van der Waals surface area contributed by atoms with Crippen molar-refractivity contribution in [2.75, 3.05) is 42.6 Å². The molecule has 5 aromatic rings. The molecule has 0 spiro atoms. The molecule has 0 aliphatic carbocycles. The van der Waals surface area contributed by atoms with Crippen molar-refractivity contribution in [2.45, 2.75) is 32.2 Å². The van der Waals surface area contributed by atoms with Crippen molar-refractivity contribution in [1.29, 1.82) is 0 Å². The summed E-state index contributed by atoms with van der Waals surface area (Å²) in [4.78, 5) is 29.9. The zero-order valence-electron chi connectivity index (χ0n) is 23.3. The number of hydrogen-bond donors (Lipinski definition) is 1. The summed E-state index contributed by atoms with van der Waals surface area (Å²) in [5.41, 5.74) is 9.07. The van der Waals surface area contributed by atoms with Gasteiger partial charge in [0.2, 0.25) is 5.91 Å². The fourth-order valence-electron chi connectivity index (χ4n) is 6.72. The van der Waals surface area contributed by atoms with Crippen LogP contribution in [0.4, 0.5) is 11.6 Å². The summed E-state index contributed by atoms with van der Waals surface area (Å²) >= 11 is 1.75. The van der Waals surface area contributed by atoms with E-state index in [1.165, 1.54) is 10.1 Å². The van der Waals surface area contributed by atoms with Crippen molar-refractivity contribution in [3.63, 3.8) is 0 Å². The van der Waals surface area contributed by atoms with E-state index in [1.807, 2.05) is 18.2 Å². The number of primary amides is 1. The summed E-state index contributed by atoms with van der Waals surface area (Å²) in [5, 5.41) is 2.92. The summed E-state index contributed by atoms with van der Waals surface area (Å²) < 4.78 is 14.3. The maximum atomic E-state index is 13.2. The summed E-state index contributed by atoms with van der Waals surface area (Å²) in [6.07, 6.45) is 1.75. The highest BCUT2D eigenvalue weighted by Crippen LogP contribution is 2.44. The van der Waals surface area contributed by atoms with Crippen LogP contribution in [-0.4, -0.2) is 44.3 Å². The lowest BCUT2D eigenvalue weighted by atomic mass is 9.78. The predicted octanol–water partition coefficient (Wildman–Crippen LogP) is 6.14. The van der Waals surface area contributed by atoms with Crippen molar-refractivity contribution < 1.29 is 13.9 Å². The number of hydrogen-bond acceptors (Lipinski definition) is 7. The Kier molecular flexibility index (Phi) is 6.28. The highest BCUT2D eigenvalue weighted by Gasteiger charge is 2.41. The molecule has 2 aliphatic rings. The fraction of sp³-hybridized carbons (Fsp3) is 0.333. The lowest BCUT2D eigenvalue weighted by molar-refractivity contribution is -0.124. The Morgan fingerprint density at radius 1 is 0.951 bits per heavy atom. The molecule has 2 fully saturated rings. The van der Waals surface area contributed by atoms with Gasteiger partial charge in [0.25, 0.3) is 0 Å². The van der Waals surface area contributed by atoms with Gasteiger partial charge in [-0.1, -0.05) is 30.3 Å². The zero-order chi connectivity index (χ0) is 28.3. The molecule has 1 atom stereocenters. The Morgan fingerprint density at radius 2 is 1.71 bits per heavy atom. The number of amides is 1. The predicted molar refractivity (Wildman–Crippen MR) is 167 cm³/mol. The molecule has 0 radical (unpaired) electrons. The topological polar surface area (TPSA) is 89.0 Å². The number of nitrogens with two attached hydrogens (primary N) is 1. The first-order valence-electron chi connectivity index (χ1n) is 14.2. The molecule has 210 valence electrons. The van der Waals surface area contributed by atoms with Crippen molar-refractivity contribution in [1.82, 2.24) is 0 Å². The number of para-hydroxylation sites is 1. The molecule has 1 unspecified atom stereocenters. The van der Waals surface area contributed by atoms with Gasteiger partial charge in [-0.2, -0.15) is 0 Å². The van der Waals surface area contributed by atoms with E-state index in [4.69, 9.17) is 14.9 Å². The molecule has 2 N–H and O–H groups in total. The first kappa shape index (κ1) is 26.0. The van der Waals surface area contributed by atoms with Crippen molar-refractivity contribution >= 4 is 60.0 Å². The fourth-order valence-corrected chi connectivity index (χ4v) is 7.93. The van der Waals surface area contributed by atoms with Gasteiger partial charge < -0.3 is 24.7 Å². The van der Waals surface area contributed by atoms with Crippen molar-refractivity contribution in [2.24, 2.45) is 11.7 Å². The number of morpholine rings is 1. The second kappa shape index (κ2) is 9.89. The Labute approximate surface area is 242 Å².